The largest absolute Gasteiger partial charge is 0.496 e. The Morgan fingerprint density at radius 2 is 1.11 bits per heavy atom. The normalized spacial score (nSPS) is 15.5. The van der Waals surface area contributed by atoms with Crippen LogP contribution in [0.15, 0.2) is 102 Å². The number of anilines is 3. The van der Waals surface area contributed by atoms with Gasteiger partial charge >= 0.3 is 13.1 Å². The Hall–Kier alpha value is -5.49. The molecule has 0 aromatic carbocycles. The fourth-order valence-corrected chi connectivity index (χ4v) is 9.68. The van der Waals surface area contributed by atoms with Crippen LogP contribution in [0, 0.1) is 0 Å². The lowest BCUT2D eigenvalue weighted by Crippen LogP contribution is -2.41. The number of carbonyl (C=O) groups is 4. The zero-order valence-corrected chi connectivity index (χ0v) is 46.1. The van der Waals surface area contributed by atoms with Gasteiger partial charge in [0.1, 0.15) is 28.9 Å². The number of alkyl halides is 1. The van der Waals surface area contributed by atoms with E-state index in [-0.39, 0.29) is 54.6 Å². The third-order valence-corrected chi connectivity index (χ3v) is 15.1. The summed E-state index contributed by atoms with van der Waals surface area (Å²) in [6, 6.07) is 22.7. The smallest absolute Gasteiger partial charge is 0.477 e. The number of hydrogen-bond acceptors (Lipinski definition) is 16. The van der Waals surface area contributed by atoms with E-state index in [4.69, 9.17) is 72.3 Å². The summed E-state index contributed by atoms with van der Waals surface area (Å²) in [6.45, 7) is 8.10. The number of nitrogen functional groups attached to an aromatic ring is 2. The second kappa shape index (κ2) is 27.2. The third-order valence-electron chi connectivity index (χ3n) is 10.9. The lowest BCUT2D eigenvalue weighted by molar-refractivity contribution is -0.132. The maximum Gasteiger partial charge on any atom is 0.496 e. The van der Waals surface area contributed by atoms with Crippen molar-refractivity contribution in [2.24, 2.45) is 10.2 Å². The van der Waals surface area contributed by atoms with E-state index in [0.29, 0.717) is 41.9 Å². The van der Waals surface area contributed by atoms with Gasteiger partial charge in [-0.25, -0.2) is 29.8 Å². The number of thiophene rings is 3. The number of nitrogens with one attached hydrogen (secondary N) is 1. The van der Waals surface area contributed by atoms with E-state index in [9.17, 15) is 19.2 Å². The molecule has 6 N–H and O–H groups in total. The number of hydrazone groups is 2. The van der Waals surface area contributed by atoms with Crippen molar-refractivity contribution in [3.05, 3.63) is 130 Å². The molecule has 0 bridgehead atoms. The van der Waals surface area contributed by atoms with Crippen molar-refractivity contribution >= 4 is 146 Å². The number of carboxylic acids is 1. The highest BCUT2D eigenvalue weighted by Crippen LogP contribution is 2.36. The summed E-state index contributed by atoms with van der Waals surface area (Å²) in [7, 11) is 2.63. The average Bonchev–Trinajstić information content (AvgIpc) is 4.13. The van der Waals surface area contributed by atoms with Gasteiger partial charge in [0.15, 0.2) is 0 Å². The van der Waals surface area contributed by atoms with Crippen LogP contribution in [0.3, 0.4) is 0 Å². The number of halogens is 4. The molecular formula is C48H53BCl4N10O7S3. The molecule has 9 rings (SSSR count). The minimum Gasteiger partial charge on any atom is -0.477 e. The van der Waals surface area contributed by atoms with Crippen LogP contribution in [-0.2, 0) is 47.2 Å². The standard InChI is InChI=1S/C16H15ClN4O2S.C11H17BN2O2.C10H9ClN2S.C6H8N2O3.C5H4Cl2S/c1-21-15(22)7-4-12(20-21)16(23)19-14-6-2-10(9-18-14)8-11-3-5-13(17)24-11;1-10(2)11(3,4)16-12(15-10)8-5-6-9(13)14-7-8;11-9-3-2-8(14-9)5-7-1-4-10(12)13-6-7;1-8-5(9)3-2-4(7-8)6(10)11;6-3-4-1-2-5(7)8-4/h2-3,5-6,9H,4,7-8H2,1H3,(H,18,19,23);5-7H,1-4H3,(H2,13,14);1-4,6H,5H2,(H2,12,13);2-3H2,1H3,(H,10,11);1-2H,3H2. The maximum atomic E-state index is 12.2. The molecule has 6 aromatic heterocycles. The fraction of sp³-hybridized carbons (Fsp3) is 0.312. The number of pyridine rings is 3. The first-order chi connectivity index (χ1) is 34.5. The van der Waals surface area contributed by atoms with Crippen molar-refractivity contribution in [1.82, 2.24) is 25.0 Å². The molecule has 3 aliphatic rings. The van der Waals surface area contributed by atoms with Crippen LogP contribution in [0.5, 0.6) is 0 Å². The number of carbonyl (C=O) groups excluding carboxylic acids is 3. The predicted molar refractivity (Wildman–Crippen MR) is 296 cm³/mol. The maximum absolute atomic E-state index is 12.2. The number of nitrogens with two attached hydrogens (primary N) is 2. The van der Waals surface area contributed by atoms with Crippen molar-refractivity contribution in [2.75, 3.05) is 30.9 Å². The quantitative estimate of drug-likeness (QED) is 0.0781. The van der Waals surface area contributed by atoms with E-state index >= 15 is 0 Å². The highest BCUT2D eigenvalue weighted by molar-refractivity contribution is 7.16. The van der Waals surface area contributed by atoms with Crippen LogP contribution in [0.25, 0.3) is 0 Å². The summed E-state index contributed by atoms with van der Waals surface area (Å²) in [4.78, 5) is 60.5. The number of rotatable bonds is 9. The van der Waals surface area contributed by atoms with E-state index in [1.54, 1.807) is 49.1 Å². The van der Waals surface area contributed by atoms with Gasteiger partial charge in [0.2, 0.25) is 11.8 Å². The Kier molecular flexibility index (Phi) is 21.7. The summed E-state index contributed by atoms with van der Waals surface area (Å²) in [5, 5.41) is 21.0. The number of carboxylic acid groups (broad SMARTS) is 1. The summed E-state index contributed by atoms with van der Waals surface area (Å²) in [5.41, 5.74) is 13.9. The molecule has 73 heavy (non-hydrogen) atoms. The van der Waals surface area contributed by atoms with Gasteiger partial charge in [0, 0.05) is 91.3 Å². The van der Waals surface area contributed by atoms with Crippen LogP contribution in [0.1, 0.15) is 79.1 Å². The lowest BCUT2D eigenvalue weighted by atomic mass is 9.80. The first-order valence-corrected chi connectivity index (χ1v) is 26.4. The molecular weight excluding hydrogens is 1080 g/mol. The molecule has 17 nitrogen and oxygen atoms in total. The van der Waals surface area contributed by atoms with Gasteiger partial charge in [0.25, 0.3) is 5.91 Å². The van der Waals surface area contributed by atoms with Crippen LogP contribution in [-0.4, -0.2) is 97.6 Å². The van der Waals surface area contributed by atoms with Crippen LogP contribution < -0.4 is 22.2 Å². The van der Waals surface area contributed by atoms with Crippen molar-refractivity contribution in [3.8, 4) is 0 Å². The molecule has 0 unspecified atom stereocenters. The second-order valence-electron chi connectivity index (χ2n) is 17.0. The Labute approximate surface area is 455 Å². The summed E-state index contributed by atoms with van der Waals surface area (Å²) in [5.74, 6) is 0.451. The second-order valence-corrected chi connectivity index (χ2v) is 22.7. The molecule has 0 atom stereocenters. The first kappa shape index (κ1) is 58.4. The van der Waals surface area contributed by atoms with E-state index < -0.39 is 5.97 Å². The zero-order chi connectivity index (χ0) is 53.5. The van der Waals surface area contributed by atoms with Crippen LogP contribution in [0.4, 0.5) is 17.5 Å². The Morgan fingerprint density at radius 1 is 0.658 bits per heavy atom. The topological polar surface area (TPSA) is 241 Å². The van der Waals surface area contributed by atoms with Gasteiger partial charge in [-0.15, -0.1) is 45.6 Å². The Balaban J connectivity index is 0.000000178. The number of aliphatic carboxylic acids is 1. The van der Waals surface area contributed by atoms with Crippen LogP contribution >= 0.6 is 80.4 Å². The molecule has 0 aliphatic carbocycles. The van der Waals surface area contributed by atoms with E-state index in [1.807, 2.05) is 88.4 Å². The summed E-state index contributed by atoms with van der Waals surface area (Å²) >= 11 is 27.5. The fourth-order valence-electron chi connectivity index (χ4n) is 6.24. The molecule has 386 valence electrons. The minimum absolute atomic E-state index is 0.0482. The molecule has 1 saturated heterocycles. The summed E-state index contributed by atoms with van der Waals surface area (Å²) < 4.78 is 14.2. The van der Waals surface area contributed by atoms with Crippen molar-refractivity contribution in [2.45, 2.75) is 83.3 Å². The first-order valence-electron chi connectivity index (χ1n) is 22.2. The highest BCUT2D eigenvalue weighted by Gasteiger charge is 2.51. The average molecular weight is 1130 g/mol. The molecule has 3 amide bonds. The Morgan fingerprint density at radius 3 is 1.49 bits per heavy atom. The lowest BCUT2D eigenvalue weighted by Gasteiger charge is -2.32. The molecule has 0 spiro atoms. The van der Waals surface area contributed by atoms with Gasteiger partial charge in [-0.05, 0) is 93.4 Å². The highest BCUT2D eigenvalue weighted by atomic mass is 35.5. The van der Waals surface area contributed by atoms with Gasteiger partial charge in [-0.3, -0.25) is 14.4 Å². The van der Waals surface area contributed by atoms with Crippen molar-refractivity contribution in [3.63, 3.8) is 0 Å². The number of hydrogen-bond donors (Lipinski definition) is 4. The summed E-state index contributed by atoms with van der Waals surface area (Å²) in [6.07, 6.45) is 7.93. The number of amides is 3. The molecule has 0 radical (unpaired) electrons. The van der Waals surface area contributed by atoms with Gasteiger partial charge in [-0.1, -0.05) is 53.0 Å². The monoisotopic (exact) mass is 1130 g/mol. The van der Waals surface area contributed by atoms with E-state index in [1.165, 1.54) is 39.6 Å². The predicted octanol–water partition coefficient (Wildman–Crippen LogP) is 9.69. The van der Waals surface area contributed by atoms with E-state index in [2.05, 4.69) is 30.5 Å². The number of aromatic nitrogens is 3. The van der Waals surface area contributed by atoms with Crippen LogP contribution in [0.2, 0.25) is 13.0 Å². The molecule has 9 heterocycles. The van der Waals surface area contributed by atoms with Crippen molar-refractivity contribution < 1.29 is 33.6 Å². The molecule has 3 aliphatic heterocycles. The Bertz CT molecular complexity index is 2870. The SMILES string of the molecule is CC1(C)OB(c2ccc(N)nc2)OC1(C)C.CN1N=C(C(=O)Nc2ccc(Cc3ccc(Cl)s3)cn2)CCC1=O.CN1N=C(C(=O)O)CCC1=O.ClCc1ccc(Cl)s1.Nc1ccc(Cc2ccc(Cl)s2)cn1. The van der Waals surface area contributed by atoms with Gasteiger partial charge < -0.3 is 31.2 Å². The zero-order valence-electron chi connectivity index (χ0n) is 40.6. The van der Waals surface area contributed by atoms with Gasteiger partial charge in [0.05, 0.1) is 30.1 Å². The third kappa shape index (κ3) is 18.4. The van der Waals surface area contributed by atoms with Crippen molar-refractivity contribution in [1.29, 1.82) is 0 Å². The molecule has 6 aromatic rings. The molecule has 0 saturated carbocycles. The number of nitrogens with zero attached hydrogens (tertiary/aromatic N) is 7. The molecule has 25 heteroatoms. The van der Waals surface area contributed by atoms with Gasteiger partial charge in [-0.2, -0.15) is 10.2 Å². The molecule has 1 fully saturated rings. The minimum atomic E-state index is -1.05. The van der Waals surface area contributed by atoms with E-state index in [0.717, 1.165) is 57.2 Å².